The summed E-state index contributed by atoms with van der Waals surface area (Å²) in [6.45, 7) is 6.69. The zero-order valence-corrected chi connectivity index (χ0v) is 16.8. The summed E-state index contributed by atoms with van der Waals surface area (Å²) < 4.78 is 10.9. The second-order valence-electron chi connectivity index (χ2n) is 7.09. The van der Waals surface area contributed by atoms with Crippen molar-refractivity contribution in [3.05, 3.63) is 53.9 Å². The Morgan fingerprint density at radius 2 is 1.96 bits per heavy atom. The molecule has 2 N–H and O–H groups in total. The van der Waals surface area contributed by atoms with E-state index in [4.69, 9.17) is 9.47 Å². The zero-order valence-electron chi connectivity index (χ0n) is 16.8. The van der Waals surface area contributed by atoms with Gasteiger partial charge in [0.1, 0.15) is 5.82 Å². The van der Waals surface area contributed by atoms with Gasteiger partial charge >= 0.3 is 0 Å². The number of hydrogen-bond acceptors (Lipinski definition) is 4. The van der Waals surface area contributed by atoms with E-state index in [0.717, 1.165) is 23.3 Å². The molecule has 1 heterocycles. The minimum atomic E-state index is -0.211. The van der Waals surface area contributed by atoms with Crippen molar-refractivity contribution in [3.63, 3.8) is 0 Å². The molecule has 0 saturated carbocycles. The first kappa shape index (κ1) is 19.7. The number of aromatic amines is 1. The Labute approximate surface area is 165 Å². The van der Waals surface area contributed by atoms with Gasteiger partial charge in [0, 0.05) is 5.56 Å². The normalized spacial score (nSPS) is 12.2. The maximum atomic E-state index is 12.9. The van der Waals surface area contributed by atoms with Gasteiger partial charge < -0.3 is 19.8 Å². The Bertz CT molecular complexity index is 916. The summed E-state index contributed by atoms with van der Waals surface area (Å²) in [6.07, 6.45) is 0.778. The molecule has 3 aromatic rings. The van der Waals surface area contributed by atoms with Crippen molar-refractivity contribution in [3.8, 4) is 11.5 Å². The maximum absolute atomic E-state index is 12.9. The number of hydrogen-bond donors (Lipinski definition) is 2. The predicted octanol–water partition coefficient (Wildman–Crippen LogP) is 4.49. The van der Waals surface area contributed by atoms with Crippen LogP contribution in [-0.2, 0) is 0 Å². The van der Waals surface area contributed by atoms with E-state index >= 15 is 0 Å². The van der Waals surface area contributed by atoms with E-state index in [1.165, 1.54) is 0 Å². The van der Waals surface area contributed by atoms with Crippen LogP contribution in [0.15, 0.2) is 42.5 Å². The molecule has 148 valence electrons. The predicted molar refractivity (Wildman–Crippen MR) is 110 cm³/mol. The van der Waals surface area contributed by atoms with Gasteiger partial charge in [-0.1, -0.05) is 26.0 Å². The zero-order chi connectivity index (χ0) is 20.1. The molecule has 0 aliphatic carbocycles. The first-order valence-electron chi connectivity index (χ1n) is 9.58. The van der Waals surface area contributed by atoms with Crippen LogP contribution in [-0.4, -0.2) is 29.6 Å². The van der Waals surface area contributed by atoms with Crippen LogP contribution in [0.2, 0.25) is 0 Å². The molecule has 0 spiro atoms. The number of nitrogens with one attached hydrogen (secondary N) is 2. The Morgan fingerprint density at radius 1 is 1.18 bits per heavy atom. The summed E-state index contributed by atoms with van der Waals surface area (Å²) in [4.78, 5) is 20.9. The van der Waals surface area contributed by atoms with Gasteiger partial charge in [0.05, 0.1) is 30.8 Å². The lowest BCUT2D eigenvalue weighted by atomic mass is 10.0. The second-order valence-corrected chi connectivity index (χ2v) is 7.09. The quantitative estimate of drug-likeness (QED) is 0.603. The van der Waals surface area contributed by atoms with Crippen LogP contribution >= 0.6 is 0 Å². The van der Waals surface area contributed by atoms with Crippen LogP contribution in [0.25, 0.3) is 11.0 Å². The molecule has 0 aliphatic rings. The lowest BCUT2D eigenvalue weighted by Crippen LogP contribution is -2.30. The highest BCUT2D eigenvalue weighted by molar-refractivity contribution is 5.95. The number of methoxy groups -OCH3 is 1. The van der Waals surface area contributed by atoms with Crippen molar-refractivity contribution in [1.29, 1.82) is 0 Å². The summed E-state index contributed by atoms with van der Waals surface area (Å²) >= 11 is 0. The van der Waals surface area contributed by atoms with E-state index in [0.29, 0.717) is 29.6 Å². The van der Waals surface area contributed by atoms with Crippen molar-refractivity contribution in [2.24, 2.45) is 5.92 Å². The third-order valence-electron chi connectivity index (χ3n) is 4.48. The Kier molecular flexibility index (Phi) is 6.19. The van der Waals surface area contributed by atoms with E-state index in [9.17, 15) is 4.79 Å². The Balaban J connectivity index is 1.85. The number of rotatable bonds is 8. The second kappa shape index (κ2) is 8.78. The largest absolute Gasteiger partial charge is 0.493 e. The van der Waals surface area contributed by atoms with Gasteiger partial charge in [0.15, 0.2) is 11.5 Å². The summed E-state index contributed by atoms with van der Waals surface area (Å²) in [5.41, 5.74) is 2.37. The number of fused-ring (bicyclic) bond motifs is 1. The van der Waals surface area contributed by atoms with Crippen molar-refractivity contribution in [1.82, 2.24) is 15.3 Å². The van der Waals surface area contributed by atoms with Gasteiger partial charge in [-0.3, -0.25) is 4.79 Å². The molecule has 0 saturated heterocycles. The topological polar surface area (TPSA) is 76.2 Å². The smallest absolute Gasteiger partial charge is 0.252 e. The van der Waals surface area contributed by atoms with Crippen LogP contribution in [0.5, 0.6) is 11.5 Å². The molecule has 6 nitrogen and oxygen atoms in total. The molecule has 0 bridgehead atoms. The number of amides is 1. The van der Waals surface area contributed by atoms with Crippen molar-refractivity contribution in [2.45, 2.75) is 33.2 Å². The summed E-state index contributed by atoms with van der Waals surface area (Å²) in [6, 6.07) is 12.9. The highest BCUT2D eigenvalue weighted by Gasteiger charge is 2.21. The molecule has 6 heteroatoms. The average Bonchev–Trinajstić information content (AvgIpc) is 3.11. The molecule has 2 aromatic carbocycles. The molecule has 28 heavy (non-hydrogen) atoms. The first-order valence-corrected chi connectivity index (χ1v) is 9.58. The highest BCUT2D eigenvalue weighted by Crippen LogP contribution is 2.29. The Morgan fingerprint density at radius 3 is 2.64 bits per heavy atom. The van der Waals surface area contributed by atoms with E-state index in [2.05, 4.69) is 29.1 Å². The number of nitrogens with zero attached hydrogens (tertiary/aromatic N) is 1. The van der Waals surface area contributed by atoms with Gasteiger partial charge in [-0.2, -0.15) is 0 Å². The minimum Gasteiger partial charge on any atom is -0.493 e. The van der Waals surface area contributed by atoms with Crippen LogP contribution in [0.3, 0.4) is 0 Å². The van der Waals surface area contributed by atoms with Gasteiger partial charge in [-0.15, -0.1) is 0 Å². The number of carbonyl (C=O) groups excluding carboxylic acids is 1. The third kappa shape index (κ3) is 4.44. The highest BCUT2D eigenvalue weighted by atomic mass is 16.5. The molecular weight excluding hydrogens is 354 g/mol. The lowest BCUT2D eigenvalue weighted by molar-refractivity contribution is 0.0929. The number of imidazole rings is 1. The molecule has 1 atom stereocenters. The number of carbonyl (C=O) groups is 1. The number of aromatic nitrogens is 2. The molecule has 1 amide bonds. The van der Waals surface area contributed by atoms with Gasteiger partial charge in [-0.05, 0) is 49.6 Å². The van der Waals surface area contributed by atoms with Crippen molar-refractivity contribution in [2.75, 3.05) is 13.7 Å². The fourth-order valence-electron chi connectivity index (χ4n) is 3.17. The minimum absolute atomic E-state index is 0.174. The third-order valence-corrected chi connectivity index (χ3v) is 4.48. The Hall–Kier alpha value is -3.02. The SMILES string of the molecule is CCOc1ccc(C(=O)NC(CC(C)C)c2nc3ccccc3[nH]2)cc1OC. The van der Waals surface area contributed by atoms with Crippen LogP contribution in [0.1, 0.15) is 49.4 Å². The standard InChI is InChI=1S/C22H27N3O3/c1-5-28-19-11-10-15(13-20(19)27-4)22(26)25-18(12-14(2)3)21-23-16-8-6-7-9-17(16)24-21/h6-11,13-14,18H,5,12H2,1-4H3,(H,23,24)(H,25,26). The molecule has 0 aliphatic heterocycles. The van der Waals surface area contributed by atoms with Gasteiger partial charge in [0.2, 0.25) is 0 Å². The van der Waals surface area contributed by atoms with E-state index in [1.807, 2.05) is 31.2 Å². The summed E-state index contributed by atoms with van der Waals surface area (Å²) in [5, 5.41) is 3.12. The van der Waals surface area contributed by atoms with Crippen LogP contribution < -0.4 is 14.8 Å². The molecule has 0 fully saturated rings. The van der Waals surface area contributed by atoms with Crippen LogP contribution in [0, 0.1) is 5.92 Å². The average molecular weight is 381 g/mol. The molecule has 3 rings (SSSR count). The van der Waals surface area contributed by atoms with E-state index in [1.54, 1.807) is 25.3 Å². The van der Waals surface area contributed by atoms with Crippen molar-refractivity contribution < 1.29 is 14.3 Å². The molecular formula is C22H27N3O3. The summed E-state index contributed by atoms with van der Waals surface area (Å²) in [5.74, 6) is 2.15. The molecule has 1 unspecified atom stereocenters. The van der Waals surface area contributed by atoms with Gasteiger partial charge in [-0.25, -0.2) is 4.98 Å². The van der Waals surface area contributed by atoms with E-state index < -0.39 is 0 Å². The van der Waals surface area contributed by atoms with Crippen molar-refractivity contribution >= 4 is 16.9 Å². The molecule has 0 radical (unpaired) electrons. The van der Waals surface area contributed by atoms with E-state index in [-0.39, 0.29) is 11.9 Å². The first-order chi connectivity index (χ1) is 13.5. The fourth-order valence-corrected chi connectivity index (χ4v) is 3.17. The monoisotopic (exact) mass is 381 g/mol. The fraction of sp³-hybridized carbons (Fsp3) is 0.364. The number of H-pyrrole nitrogens is 1. The van der Waals surface area contributed by atoms with Crippen LogP contribution in [0.4, 0.5) is 0 Å². The van der Waals surface area contributed by atoms with Gasteiger partial charge in [0.25, 0.3) is 5.91 Å². The number of ether oxygens (including phenoxy) is 2. The number of para-hydroxylation sites is 2. The number of benzene rings is 2. The molecule has 1 aromatic heterocycles. The maximum Gasteiger partial charge on any atom is 0.252 e. The summed E-state index contributed by atoms with van der Waals surface area (Å²) in [7, 11) is 1.56. The lowest BCUT2D eigenvalue weighted by Gasteiger charge is -2.19.